The van der Waals surface area contributed by atoms with Crippen LogP contribution in [0, 0.1) is 6.92 Å². The summed E-state index contributed by atoms with van der Waals surface area (Å²) in [5.41, 5.74) is 9.03. The van der Waals surface area contributed by atoms with Gasteiger partial charge in [0.1, 0.15) is 0 Å². The van der Waals surface area contributed by atoms with Crippen LogP contribution in [0.3, 0.4) is 0 Å². The highest BCUT2D eigenvalue weighted by atomic mass is 16.5. The first kappa shape index (κ1) is 14.6. The fourth-order valence-corrected chi connectivity index (χ4v) is 2.39. The number of nitrogen functional groups attached to an aromatic ring is 1. The molecule has 0 saturated heterocycles. The highest BCUT2D eigenvalue weighted by Gasteiger charge is 2.11. The van der Waals surface area contributed by atoms with Crippen LogP contribution < -0.4 is 10.6 Å². The zero-order valence-electron chi connectivity index (χ0n) is 12.5. The van der Waals surface area contributed by atoms with Crippen molar-refractivity contribution < 1.29 is 4.74 Å². The molecule has 2 N–H and O–H groups in total. The average Bonchev–Trinajstić information content (AvgIpc) is 2.45. The Morgan fingerprint density at radius 2 is 2.05 bits per heavy atom. The molecule has 1 aromatic heterocycles. The SMILES string of the molecule is CCOCCN(CC)c1ccc(N)c2cnc(C)cc12. The number of fused-ring (bicyclic) bond motifs is 1. The van der Waals surface area contributed by atoms with Gasteiger partial charge in [0.25, 0.3) is 0 Å². The molecule has 0 fully saturated rings. The molecule has 0 spiro atoms. The van der Waals surface area contributed by atoms with Crippen LogP contribution in [0.1, 0.15) is 19.5 Å². The molecule has 0 saturated carbocycles. The zero-order chi connectivity index (χ0) is 14.5. The maximum Gasteiger partial charge on any atom is 0.0641 e. The lowest BCUT2D eigenvalue weighted by Crippen LogP contribution is -2.27. The Hall–Kier alpha value is -1.81. The summed E-state index contributed by atoms with van der Waals surface area (Å²) >= 11 is 0. The second-order valence-electron chi connectivity index (χ2n) is 4.82. The number of anilines is 2. The molecule has 0 aliphatic rings. The van der Waals surface area contributed by atoms with Crippen molar-refractivity contribution >= 4 is 22.1 Å². The van der Waals surface area contributed by atoms with Gasteiger partial charge in [-0.15, -0.1) is 0 Å². The third-order valence-electron chi connectivity index (χ3n) is 3.48. The first-order valence-electron chi connectivity index (χ1n) is 7.14. The molecule has 0 unspecified atom stereocenters. The molecule has 1 aromatic carbocycles. The lowest BCUT2D eigenvalue weighted by molar-refractivity contribution is 0.154. The first-order chi connectivity index (χ1) is 9.67. The van der Waals surface area contributed by atoms with Crippen molar-refractivity contribution in [2.75, 3.05) is 36.9 Å². The van der Waals surface area contributed by atoms with Gasteiger partial charge >= 0.3 is 0 Å². The minimum absolute atomic E-state index is 0.736. The molecule has 2 rings (SSSR count). The number of nitrogens with zero attached hydrogens (tertiary/aromatic N) is 2. The van der Waals surface area contributed by atoms with E-state index in [1.807, 2.05) is 26.1 Å². The molecule has 108 valence electrons. The molecular formula is C16H23N3O. The number of aromatic nitrogens is 1. The van der Waals surface area contributed by atoms with E-state index in [1.165, 1.54) is 5.69 Å². The number of hydrogen-bond donors (Lipinski definition) is 1. The van der Waals surface area contributed by atoms with Gasteiger partial charge in [0.05, 0.1) is 6.61 Å². The fraction of sp³-hybridized carbons (Fsp3) is 0.438. The molecule has 20 heavy (non-hydrogen) atoms. The van der Waals surface area contributed by atoms with Gasteiger partial charge in [0, 0.05) is 53.7 Å². The maximum atomic E-state index is 6.06. The number of likely N-dealkylation sites (N-methyl/N-ethyl adjacent to an activating group) is 1. The predicted molar refractivity (Wildman–Crippen MR) is 85.3 cm³/mol. The third kappa shape index (κ3) is 3.02. The lowest BCUT2D eigenvalue weighted by atomic mass is 10.1. The van der Waals surface area contributed by atoms with E-state index in [0.29, 0.717) is 0 Å². The Morgan fingerprint density at radius 1 is 1.25 bits per heavy atom. The van der Waals surface area contributed by atoms with E-state index >= 15 is 0 Å². The first-order valence-corrected chi connectivity index (χ1v) is 7.14. The summed E-state index contributed by atoms with van der Waals surface area (Å²) in [6.07, 6.45) is 1.86. The van der Waals surface area contributed by atoms with Crippen LogP contribution in [0.15, 0.2) is 24.4 Å². The number of pyridine rings is 1. The van der Waals surface area contributed by atoms with Gasteiger partial charge in [-0.05, 0) is 39.0 Å². The third-order valence-corrected chi connectivity index (χ3v) is 3.48. The largest absolute Gasteiger partial charge is 0.398 e. The molecular weight excluding hydrogens is 250 g/mol. The number of hydrogen-bond acceptors (Lipinski definition) is 4. The molecule has 0 atom stereocenters. The summed E-state index contributed by atoms with van der Waals surface area (Å²) in [5, 5.41) is 2.18. The number of benzene rings is 1. The highest BCUT2D eigenvalue weighted by Crippen LogP contribution is 2.30. The minimum Gasteiger partial charge on any atom is -0.398 e. The second kappa shape index (κ2) is 6.57. The second-order valence-corrected chi connectivity index (χ2v) is 4.82. The van der Waals surface area contributed by atoms with E-state index in [-0.39, 0.29) is 0 Å². The topological polar surface area (TPSA) is 51.4 Å². The molecule has 2 aromatic rings. The Labute approximate surface area is 120 Å². The molecule has 4 nitrogen and oxygen atoms in total. The normalized spacial score (nSPS) is 10.9. The minimum atomic E-state index is 0.736. The van der Waals surface area contributed by atoms with Crippen molar-refractivity contribution in [3.05, 3.63) is 30.1 Å². The van der Waals surface area contributed by atoms with E-state index in [0.717, 1.165) is 48.5 Å². The number of rotatable bonds is 6. The van der Waals surface area contributed by atoms with Gasteiger partial charge in [0.15, 0.2) is 0 Å². The van der Waals surface area contributed by atoms with Crippen molar-refractivity contribution in [2.45, 2.75) is 20.8 Å². The van der Waals surface area contributed by atoms with Crippen molar-refractivity contribution in [3.63, 3.8) is 0 Å². The van der Waals surface area contributed by atoms with Gasteiger partial charge < -0.3 is 15.4 Å². The maximum absolute atomic E-state index is 6.06. The van der Waals surface area contributed by atoms with Gasteiger partial charge in [-0.25, -0.2) is 0 Å². The van der Waals surface area contributed by atoms with Crippen LogP contribution in [-0.4, -0.2) is 31.3 Å². The average molecular weight is 273 g/mol. The summed E-state index contributed by atoms with van der Waals surface area (Å²) in [7, 11) is 0. The Kier molecular flexibility index (Phi) is 4.79. The van der Waals surface area contributed by atoms with Crippen molar-refractivity contribution in [1.82, 2.24) is 4.98 Å². The molecule has 0 radical (unpaired) electrons. The summed E-state index contributed by atoms with van der Waals surface area (Å²) < 4.78 is 5.47. The quantitative estimate of drug-likeness (QED) is 0.649. The molecule has 0 bridgehead atoms. The summed E-state index contributed by atoms with van der Waals surface area (Å²) in [6.45, 7) is 9.48. The number of aryl methyl sites for hydroxylation is 1. The Balaban J connectivity index is 2.41. The van der Waals surface area contributed by atoms with Crippen molar-refractivity contribution in [1.29, 1.82) is 0 Å². The van der Waals surface area contributed by atoms with Gasteiger partial charge in [-0.3, -0.25) is 4.98 Å². The molecule has 0 aliphatic carbocycles. The van der Waals surface area contributed by atoms with E-state index in [9.17, 15) is 0 Å². The van der Waals surface area contributed by atoms with Crippen LogP contribution in [0.4, 0.5) is 11.4 Å². The van der Waals surface area contributed by atoms with E-state index in [1.54, 1.807) is 0 Å². The fourth-order valence-electron chi connectivity index (χ4n) is 2.39. The standard InChI is InChI=1S/C16H23N3O/c1-4-19(8-9-20-5-2)16-7-6-15(17)14-11-18-12(3)10-13(14)16/h6-7,10-11H,4-5,8-9,17H2,1-3H3. The predicted octanol–water partition coefficient (Wildman–Crippen LogP) is 2.99. The van der Waals surface area contributed by atoms with Crippen LogP contribution >= 0.6 is 0 Å². The van der Waals surface area contributed by atoms with E-state index in [4.69, 9.17) is 10.5 Å². The molecule has 4 heteroatoms. The Bertz CT molecular complexity index is 583. The summed E-state index contributed by atoms with van der Waals surface area (Å²) in [5.74, 6) is 0. The van der Waals surface area contributed by atoms with Crippen LogP contribution in [0.25, 0.3) is 10.8 Å². The van der Waals surface area contributed by atoms with Crippen LogP contribution in [0.2, 0.25) is 0 Å². The molecule has 0 aliphatic heterocycles. The summed E-state index contributed by atoms with van der Waals surface area (Å²) in [4.78, 5) is 6.66. The number of nitrogens with two attached hydrogens (primary N) is 1. The van der Waals surface area contributed by atoms with E-state index < -0.39 is 0 Å². The van der Waals surface area contributed by atoms with Gasteiger partial charge in [-0.1, -0.05) is 0 Å². The van der Waals surface area contributed by atoms with Crippen LogP contribution in [-0.2, 0) is 4.74 Å². The monoisotopic (exact) mass is 273 g/mol. The van der Waals surface area contributed by atoms with Crippen LogP contribution in [0.5, 0.6) is 0 Å². The van der Waals surface area contributed by atoms with Gasteiger partial charge in [0.2, 0.25) is 0 Å². The highest BCUT2D eigenvalue weighted by molar-refractivity contribution is 6.01. The van der Waals surface area contributed by atoms with Gasteiger partial charge in [-0.2, -0.15) is 0 Å². The van der Waals surface area contributed by atoms with E-state index in [2.05, 4.69) is 28.9 Å². The molecule has 0 amide bonds. The lowest BCUT2D eigenvalue weighted by Gasteiger charge is -2.25. The van der Waals surface area contributed by atoms with Crippen molar-refractivity contribution in [2.24, 2.45) is 0 Å². The zero-order valence-corrected chi connectivity index (χ0v) is 12.5. The Morgan fingerprint density at radius 3 is 2.75 bits per heavy atom. The number of ether oxygens (including phenoxy) is 1. The summed E-state index contributed by atoms with van der Waals surface area (Å²) in [6, 6.07) is 6.15. The van der Waals surface area contributed by atoms with Crippen molar-refractivity contribution in [3.8, 4) is 0 Å². The smallest absolute Gasteiger partial charge is 0.0641 e. The molecule has 1 heterocycles.